The first kappa shape index (κ1) is 16.4. The number of fused-ring (bicyclic) bond motifs is 2. The van der Waals surface area contributed by atoms with Gasteiger partial charge in [-0.15, -0.1) is 0 Å². The van der Waals surface area contributed by atoms with Gasteiger partial charge in [-0.05, 0) is 45.6 Å². The van der Waals surface area contributed by atoms with Gasteiger partial charge in [-0.25, -0.2) is 4.98 Å². The first-order valence-electron chi connectivity index (χ1n) is 9.61. The minimum Gasteiger partial charge on any atom is -0.466 e. The topological polar surface area (TPSA) is 75.7 Å². The second kappa shape index (κ2) is 6.11. The van der Waals surface area contributed by atoms with Crippen LogP contribution in [0.4, 0.5) is 5.82 Å². The van der Waals surface area contributed by atoms with Crippen LogP contribution in [-0.2, 0) is 17.6 Å². The molecule has 1 aliphatic carbocycles. The van der Waals surface area contributed by atoms with Crippen molar-refractivity contribution in [2.24, 2.45) is 0 Å². The smallest absolute Gasteiger partial charge is 0.239 e. The molecule has 4 heterocycles. The average molecular weight is 365 g/mol. The monoisotopic (exact) mass is 365 g/mol. The number of nitrogens with one attached hydrogen (secondary N) is 1. The Hall–Kier alpha value is -2.83. The first-order chi connectivity index (χ1) is 13.1. The molecule has 27 heavy (non-hydrogen) atoms. The number of aromatic nitrogens is 3. The molecule has 0 radical (unpaired) electrons. The number of amides is 1. The lowest BCUT2D eigenvalue weighted by Crippen LogP contribution is -2.48. The van der Waals surface area contributed by atoms with Crippen LogP contribution in [-0.4, -0.2) is 40.1 Å². The number of hydrogen-bond donors (Lipinski definition) is 1. The standard InChI is InChI=1S/C20H23N5O2/c1-12-9-15(13(2)27-12)17-10-18-22-16-6-4-3-5-14(16)20(25(18)23-17)24-8-7-21-19(26)11-24/h9-10H,3-8,11H2,1-2H3,(H,21,26). The number of anilines is 1. The number of aryl methyl sites for hydroxylation is 3. The third kappa shape index (κ3) is 2.69. The highest BCUT2D eigenvalue weighted by Crippen LogP contribution is 2.33. The summed E-state index contributed by atoms with van der Waals surface area (Å²) >= 11 is 0. The fourth-order valence-corrected chi connectivity index (χ4v) is 4.29. The summed E-state index contributed by atoms with van der Waals surface area (Å²) in [5.74, 6) is 2.83. The van der Waals surface area contributed by atoms with Crippen molar-refractivity contribution in [1.29, 1.82) is 0 Å². The Balaban J connectivity index is 1.72. The highest BCUT2D eigenvalue weighted by molar-refractivity contribution is 5.83. The molecule has 3 aromatic heterocycles. The number of rotatable bonds is 2. The summed E-state index contributed by atoms with van der Waals surface area (Å²) in [6.07, 6.45) is 4.30. The van der Waals surface area contributed by atoms with Crippen LogP contribution in [0.15, 0.2) is 16.5 Å². The van der Waals surface area contributed by atoms with Gasteiger partial charge in [-0.2, -0.15) is 9.61 Å². The summed E-state index contributed by atoms with van der Waals surface area (Å²) in [6, 6.07) is 4.05. The number of nitrogens with zero attached hydrogens (tertiary/aromatic N) is 4. The molecule has 1 aliphatic heterocycles. The molecule has 1 amide bonds. The molecule has 1 saturated heterocycles. The van der Waals surface area contributed by atoms with E-state index < -0.39 is 0 Å². The second-order valence-corrected chi connectivity index (χ2v) is 7.47. The second-order valence-electron chi connectivity index (χ2n) is 7.47. The largest absolute Gasteiger partial charge is 0.466 e. The van der Waals surface area contributed by atoms with E-state index >= 15 is 0 Å². The summed E-state index contributed by atoms with van der Waals surface area (Å²) in [7, 11) is 0. The summed E-state index contributed by atoms with van der Waals surface area (Å²) in [5.41, 5.74) is 5.10. The third-order valence-corrected chi connectivity index (χ3v) is 5.50. The van der Waals surface area contributed by atoms with Crippen molar-refractivity contribution < 1.29 is 9.21 Å². The van der Waals surface area contributed by atoms with Crippen LogP contribution >= 0.6 is 0 Å². The van der Waals surface area contributed by atoms with E-state index in [-0.39, 0.29) is 5.91 Å². The SMILES string of the molecule is Cc1cc(-c2cc3nc4c(c(N5CCNC(=O)C5)n3n2)CCCC4)c(C)o1. The van der Waals surface area contributed by atoms with Crippen molar-refractivity contribution in [2.45, 2.75) is 39.5 Å². The van der Waals surface area contributed by atoms with Crippen molar-refractivity contribution in [3.8, 4) is 11.3 Å². The molecule has 0 unspecified atom stereocenters. The fraction of sp³-hybridized carbons (Fsp3) is 0.450. The van der Waals surface area contributed by atoms with Crippen LogP contribution in [0.1, 0.15) is 35.6 Å². The molecule has 7 heteroatoms. The van der Waals surface area contributed by atoms with E-state index in [0.717, 1.165) is 72.2 Å². The molecule has 0 aromatic carbocycles. The number of furan rings is 1. The molecule has 0 bridgehead atoms. The highest BCUT2D eigenvalue weighted by Gasteiger charge is 2.27. The molecule has 5 rings (SSSR count). The predicted molar refractivity (Wildman–Crippen MR) is 102 cm³/mol. The van der Waals surface area contributed by atoms with E-state index in [4.69, 9.17) is 14.5 Å². The van der Waals surface area contributed by atoms with Crippen molar-refractivity contribution in [2.75, 3.05) is 24.5 Å². The lowest BCUT2D eigenvalue weighted by Gasteiger charge is -2.32. The minimum absolute atomic E-state index is 0.0597. The Morgan fingerprint density at radius 3 is 2.81 bits per heavy atom. The van der Waals surface area contributed by atoms with E-state index in [9.17, 15) is 4.79 Å². The van der Waals surface area contributed by atoms with E-state index in [1.165, 1.54) is 5.56 Å². The lowest BCUT2D eigenvalue weighted by atomic mass is 9.96. The average Bonchev–Trinajstić information content (AvgIpc) is 3.21. The number of carbonyl (C=O) groups excluding carboxylic acids is 1. The molecule has 7 nitrogen and oxygen atoms in total. The Bertz CT molecular complexity index is 1050. The number of hydrogen-bond acceptors (Lipinski definition) is 5. The van der Waals surface area contributed by atoms with Gasteiger partial charge >= 0.3 is 0 Å². The lowest BCUT2D eigenvalue weighted by molar-refractivity contribution is -0.120. The number of carbonyl (C=O) groups is 1. The van der Waals surface area contributed by atoms with Gasteiger partial charge in [0.1, 0.15) is 17.3 Å². The molecular weight excluding hydrogens is 342 g/mol. The fourth-order valence-electron chi connectivity index (χ4n) is 4.29. The zero-order valence-electron chi connectivity index (χ0n) is 15.7. The Morgan fingerprint density at radius 1 is 1.19 bits per heavy atom. The van der Waals surface area contributed by atoms with Crippen molar-refractivity contribution >= 4 is 17.4 Å². The maximum absolute atomic E-state index is 12.0. The van der Waals surface area contributed by atoms with Crippen LogP contribution in [0, 0.1) is 13.8 Å². The van der Waals surface area contributed by atoms with E-state index in [1.807, 2.05) is 30.5 Å². The van der Waals surface area contributed by atoms with Gasteiger partial charge in [-0.3, -0.25) is 4.79 Å². The zero-order valence-corrected chi connectivity index (χ0v) is 15.7. The molecule has 0 saturated carbocycles. The van der Waals surface area contributed by atoms with Gasteiger partial charge in [0.25, 0.3) is 0 Å². The third-order valence-electron chi connectivity index (χ3n) is 5.50. The minimum atomic E-state index is 0.0597. The molecule has 0 atom stereocenters. The van der Waals surface area contributed by atoms with Crippen LogP contribution in [0.25, 0.3) is 16.9 Å². The molecule has 140 valence electrons. The Labute approximate surface area is 157 Å². The normalized spacial score (nSPS) is 17.3. The Morgan fingerprint density at radius 2 is 2.04 bits per heavy atom. The van der Waals surface area contributed by atoms with Gasteiger partial charge in [0.15, 0.2) is 5.65 Å². The molecule has 3 aromatic rings. The molecule has 2 aliphatic rings. The van der Waals surface area contributed by atoms with Crippen LogP contribution < -0.4 is 10.2 Å². The van der Waals surface area contributed by atoms with Crippen LogP contribution in [0.3, 0.4) is 0 Å². The summed E-state index contributed by atoms with van der Waals surface area (Å²) in [6.45, 7) is 5.72. The van der Waals surface area contributed by atoms with Gasteiger partial charge in [-0.1, -0.05) is 0 Å². The maximum atomic E-state index is 12.0. The summed E-state index contributed by atoms with van der Waals surface area (Å²) in [4.78, 5) is 19.1. The van der Waals surface area contributed by atoms with E-state index in [1.54, 1.807) is 0 Å². The van der Waals surface area contributed by atoms with Crippen molar-refractivity contribution in [3.63, 3.8) is 0 Å². The van der Waals surface area contributed by atoms with Crippen LogP contribution in [0.2, 0.25) is 0 Å². The van der Waals surface area contributed by atoms with Gasteiger partial charge in [0, 0.05) is 36.0 Å². The number of piperazine rings is 1. The van der Waals surface area contributed by atoms with Gasteiger partial charge in [0.2, 0.25) is 5.91 Å². The molecule has 1 N–H and O–H groups in total. The quantitative estimate of drug-likeness (QED) is 0.755. The summed E-state index contributed by atoms with van der Waals surface area (Å²) in [5, 5.41) is 7.80. The van der Waals surface area contributed by atoms with Crippen LogP contribution in [0.5, 0.6) is 0 Å². The van der Waals surface area contributed by atoms with Gasteiger partial charge < -0.3 is 14.6 Å². The van der Waals surface area contributed by atoms with Crippen molar-refractivity contribution in [1.82, 2.24) is 19.9 Å². The molecular formula is C20H23N5O2. The highest BCUT2D eigenvalue weighted by atomic mass is 16.3. The molecule has 0 spiro atoms. The Kier molecular flexibility index (Phi) is 3.70. The predicted octanol–water partition coefficient (Wildman–Crippen LogP) is 2.42. The van der Waals surface area contributed by atoms with Crippen molar-refractivity contribution in [3.05, 3.63) is 34.9 Å². The first-order valence-corrected chi connectivity index (χ1v) is 9.61. The molecule has 1 fully saturated rings. The van der Waals surface area contributed by atoms with E-state index in [0.29, 0.717) is 13.1 Å². The maximum Gasteiger partial charge on any atom is 0.239 e. The zero-order chi connectivity index (χ0) is 18.5. The van der Waals surface area contributed by atoms with E-state index in [2.05, 4.69) is 10.2 Å². The summed E-state index contributed by atoms with van der Waals surface area (Å²) < 4.78 is 7.62. The van der Waals surface area contributed by atoms with Gasteiger partial charge in [0.05, 0.1) is 12.2 Å².